The van der Waals surface area contributed by atoms with Crippen molar-refractivity contribution >= 4 is 15.8 Å². The minimum Gasteiger partial charge on any atom is -0.423 e. The summed E-state index contributed by atoms with van der Waals surface area (Å²) in [6, 6.07) is 12.2. The summed E-state index contributed by atoms with van der Waals surface area (Å²) in [5.41, 5.74) is 0.126. The fourth-order valence-corrected chi connectivity index (χ4v) is 2.72. The third kappa shape index (κ3) is 4.21. The summed E-state index contributed by atoms with van der Waals surface area (Å²) in [6.45, 7) is 3.59. The third-order valence-corrected chi connectivity index (χ3v) is 5.02. The van der Waals surface area contributed by atoms with Crippen LogP contribution in [0.25, 0.3) is 0 Å². The van der Waals surface area contributed by atoms with E-state index in [9.17, 15) is 18.3 Å². The number of ether oxygens (including phenoxy) is 1. The Kier molecular flexibility index (Phi) is 5.11. The molecule has 1 atom stereocenters. The lowest BCUT2D eigenvalue weighted by Crippen LogP contribution is -2.19. The molecule has 2 aromatic rings. The maximum absolute atomic E-state index is 12.1. The van der Waals surface area contributed by atoms with E-state index in [4.69, 9.17) is 4.74 Å². The SMILES string of the molecule is CC[C@@](C)(O)c1ccc(C(=O)Oc2ccc(S(C)(=O)=O)cc2)cc1. The predicted molar refractivity (Wildman–Crippen MR) is 90.8 cm³/mol. The lowest BCUT2D eigenvalue weighted by Gasteiger charge is -2.21. The molecule has 0 aromatic heterocycles. The number of carbonyl (C=O) groups is 1. The monoisotopic (exact) mass is 348 g/mol. The number of hydrogen-bond acceptors (Lipinski definition) is 5. The summed E-state index contributed by atoms with van der Waals surface area (Å²) in [5, 5.41) is 10.2. The molecule has 0 aliphatic rings. The van der Waals surface area contributed by atoms with E-state index in [1.165, 1.54) is 24.3 Å². The molecule has 1 N–H and O–H groups in total. The molecule has 0 fully saturated rings. The van der Waals surface area contributed by atoms with Crippen LogP contribution in [0.1, 0.15) is 36.2 Å². The lowest BCUT2D eigenvalue weighted by atomic mass is 9.93. The standard InChI is InChI=1S/C18H20O5S/c1-4-18(2,20)14-7-5-13(6-8-14)17(19)23-15-9-11-16(12-10-15)24(3,21)22/h5-12,20H,4H2,1-3H3/t18-/m1/s1. The van der Waals surface area contributed by atoms with Crippen LogP contribution in [0.5, 0.6) is 5.75 Å². The summed E-state index contributed by atoms with van der Waals surface area (Å²) >= 11 is 0. The number of esters is 1. The van der Waals surface area contributed by atoms with Crippen LogP contribution >= 0.6 is 0 Å². The fourth-order valence-electron chi connectivity index (χ4n) is 2.09. The van der Waals surface area contributed by atoms with Crippen molar-refractivity contribution in [1.82, 2.24) is 0 Å². The second-order valence-corrected chi connectivity index (χ2v) is 7.85. The molecule has 0 saturated heterocycles. The van der Waals surface area contributed by atoms with Gasteiger partial charge in [-0.3, -0.25) is 0 Å². The zero-order valence-corrected chi connectivity index (χ0v) is 14.6. The molecule has 0 aliphatic heterocycles. The van der Waals surface area contributed by atoms with E-state index < -0.39 is 21.4 Å². The highest BCUT2D eigenvalue weighted by Crippen LogP contribution is 2.24. The van der Waals surface area contributed by atoms with Gasteiger partial charge in [-0.2, -0.15) is 0 Å². The van der Waals surface area contributed by atoms with Gasteiger partial charge in [-0.05, 0) is 55.3 Å². The molecular weight excluding hydrogens is 328 g/mol. The van der Waals surface area contributed by atoms with Crippen molar-refractivity contribution in [2.24, 2.45) is 0 Å². The van der Waals surface area contributed by atoms with Gasteiger partial charge in [0.15, 0.2) is 9.84 Å². The van der Waals surface area contributed by atoms with Crippen LogP contribution in [0.15, 0.2) is 53.4 Å². The number of rotatable bonds is 5. The molecule has 0 spiro atoms. The van der Waals surface area contributed by atoms with Gasteiger partial charge < -0.3 is 9.84 Å². The van der Waals surface area contributed by atoms with Crippen molar-refractivity contribution in [3.63, 3.8) is 0 Å². The first-order valence-corrected chi connectivity index (χ1v) is 9.38. The molecule has 0 saturated carbocycles. The van der Waals surface area contributed by atoms with E-state index in [0.29, 0.717) is 12.0 Å². The molecular formula is C18H20O5S. The Morgan fingerprint density at radius 1 is 1.08 bits per heavy atom. The second-order valence-electron chi connectivity index (χ2n) is 5.84. The maximum atomic E-state index is 12.1. The van der Waals surface area contributed by atoms with Crippen LogP contribution in [-0.4, -0.2) is 25.7 Å². The van der Waals surface area contributed by atoms with Gasteiger partial charge in [0, 0.05) is 6.26 Å². The Bertz CT molecular complexity index is 819. The second kappa shape index (κ2) is 6.75. The average Bonchev–Trinajstić information content (AvgIpc) is 2.54. The van der Waals surface area contributed by atoms with E-state index in [-0.39, 0.29) is 10.6 Å². The number of sulfone groups is 1. The van der Waals surface area contributed by atoms with Crippen molar-refractivity contribution < 1.29 is 23.1 Å². The summed E-state index contributed by atoms with van der Waals surface area (Å²) in [5.74, 6) is -0.290. The minimum atomic E-state index is -3.29. The van der Waals surface area contributed by atoms with Gasteiger partial charge in [0.1, 0.15) is 5.75 Å². The predicted octanol–water partition coefficient (Wildman–Crippen LogP) is 2.93. The minimum absolute atomic E-state index is 0.161. The van der Waals surface area contributed by atoms with Gasteiger partial charge in [-0.15, -0.1) is 0 Å². The maximum Gasteiger partial charge on any atom is 0.343 e. The molecule has 0 unspecified atom stereocenters. The summed E-state index contributed by atoms with van der Waals surface area (Å²) < 4.78 is 28.0. The van der Waals surface area contributed by atoms with E-state index in [1.807, 2.05) is 6.92 Å². The van der Waals surface area contributed by atoms with E-state index in [1.54, 1.807) is 31.2 Å². The number of benzene rings is 2. The highest BCUT2D eigenvalue weighted by molar-refractivity contribution is 7.90. The van der Waals surface area contributed by atoms with E-state index >= 15 is 0 Å². The summed E-state index contributed by atoms with van der Waals surface area (Å²) in [4.78, 5) is 12.3. The van der Waals surface area contributed by atoms with Crippen LogP contribution in [0.4, 0.5) is 0 Å². The molecule has 2 aromatic carbocycles. The number of carbonyl (C=O) groups excluding carboxylic acids is 1. The van der Waals surface area contributed by atoms with Crippen LogP contribution in [-0.2, 0) is 15.4 Å². The van der Waals surface area contributed by atoms with Gasteiger partial charge in [0.2, 0.25) is 0 Å². The smallest absolute Gasteiger partial charge is 0.343 e. The van der Waals surface area contributed by atoms with Gasteiger partial charge >= 0.3 is 5.97 Å². The van der Waals surface area contributed by atoms with Crippen molar-refractivity contribution in [1.29, 1.82) is 0 Å². The molecule has 128 valence electrons. The molecule has 2 rings (SSSR count). The largest absolute Gasteiger partial charge is 0.423 e. The van der Waals surface area contributed by atoms with Crippen molar-refractivity contribution in [3.05, 3.63) is 59.7 Å². The van der Waals surface area contributed by atoms with Crippen molar-refractivity contribution in [2.45, 2.75) is 30.8 Å². The summed E-state index contributed by atoms with van der Waals surface area (Å²) in [6.07, 6.45) is 1.67. The quantitative estimate of drug-likeness (QED) is 0.664. The Morgan fingerprint density at radius 3 is 2.08 bits per heavy atom. The molecule has 0 aliphatic carbocycles. The van der Waals surface area contributed by atoms with Crippen LogP contribution in [0.2, 0.25) is 0 Å². The van der Waals surface area contributed by atoms with Crippen molar-refractivity contribution in [3.8, 4) is 5.75 Å². The van der Waals surface area contributed by atoms with Crippen LogP contribution in [0.3, 0.4) is 0 Å². The highest BCUT2D eigenvalue weighted by Gasteiger charge is 2.20. The van der Waals surface area contributed by atoms with Gasteiger partial charge in [-0.1, -0.05) is 19.1 Å². The normalized spacial score (nSPS) is 14.0. The summed E-state index contributed by atoms with van der Waals surface area (Å²) in [7, 11) is -3.29. The average molecular weight is 348 g/mol. The Balaban J connectivity index is 2.13. The third-order valence-electron chi connectivity index (χ3n) is 3.89. The Labute approximate surface area is 141 Å². The molecule has 5 nitrogen and oxygen atoms in total. The zero-order chi connectivity index (χ0) is 18.0. The first-order valence-electron chi connectivity index (χ1n) is 7.49. The number of hydrogen-bond donors (Lipinski definition) is 1. The van der Waals surface area contributed by atoms with E-state index in [0.717, 1.165) is 11.8 Å². The fraction of sp³-hybridized carbons (Fsp3) is 0.278. The Hall–Kier alpha value is -2.18. The van der Waals surface area contributed by atoms with Crippen LogP contribution in [0, 0.1) is 0 Å². The lowest BCUT2D eigenvalue weighted by molar-refractivity contribution is 0.0529. The first kappa shape index (κ1) is 18.2. The Morgan fingerprint density at radius 2 is 1.62 bits per heavy atom. The topological polar surface area (TPSA) is 80.7 Å². The molecule has 0 radical (unpaired) electrons. The van der Waals surface area contributed by atoms with Crippen molar-refractivity contribution in [2.75, 3.05) is 6.26 Å². The molecule has 0 amide bonds. The molecule has 0 heterocycles. The number of aliphatic hydroxyl groups is 1. The molecule has 0 bridgehead atoms. The van der Waals surface area contributed by atoms with Gasteiger partial charge in [0.05, 0.1) is 16.1 Å². The van der Waals surface area contributed by atoms with Gasteiger partial charge in [0.25, 0.3) is 0 Å². The molecule has 24 heavy (non-hydrogen) atoms. The highest BCUT2D eigenvalue weighted by atomic mass is 32.2. The van der Waals surface area contributed by atoms with E-state index in [2.05, 4.69) is 0 Å². The first-order chi connectivity index (χ1) is 11.1. The van der Waals surface area contributed by atoms with Crippen LogP contribution < -0.4 is 4.74 Å². The zero-order valence-electron chi connectivity index (χ0n) is 13.8. The molecule has 6 heteroatoms. The van der Waals surface area contributed by atoms with Gasteiger partial charge in [-0.25, -0.2) is 13.2 Å².